The van der Waals surface area contributed by atoms with E-state index in [1.165, 1.54) is 6.08 Å². The maximum absolute atomic E-state index is 12.4. The predicted molar refractivity (Wildman–Crippen MR) is 171 cm³/mol. The topological polar surface area (TPSA) is 118 Å². The van der Waals surface area contributed by atoms with Crippen LogP contribution in [0.3, 0.4) is 0 Å². The van der Waals surface area contributed by atoms with E-state index in [4.69, 9.17) is 28.8 Å². The fraction of sp³-hybridized carbons (Fsp3) is 0.250. The molecule has 0 atom stereocenters. The second kappa shape index (κ2) is 18.5. The summed E-state index contributed by atoms with van der Waals surface area (Å²) in [4.78, 5) is 34.9. The normalized spacial score (nSPS) is 10.6. The highest BCUT2D eigenvalue weighted by Crippen LogP contribution is 2.25. The van der Waals surface area contributed by atoms with Crippen molar-refractivity contribution < 1.29 is 43.2 Å². The lowest BCUT2D eigenvalue weighted by molar-refractivity contribution is -0.140. The average molecular weight is 615 g/mol. The van der Waals surface area contributed by atoms with Crippen LogP contribution in [0.25, 0.3) is 17.2 Å². The molecule has 0 saturated heterocycles. The van der Waals surface area contributed by atoms with Crippen LogP contribution < -0.4 is 14.2 Å². The molecular formula is C36H38O9. The molecule has 0 radical (unpaired) electrons. The van der Waals surface area contributed by atoms with Gasteiger partial charge in [-0.15, -0.1) is 0 Å². The summed E-state index contributed by atoms with van der Waals surface area (Å²) >= 11 is 0. The Hall–Kier alpha value is -5.15. The molecule has 9 nitrogen and oxygen atoms in total. The monoisotopic (exact) mass is 614 g/mol. The predicted octanol–water partition coefficient (Wildman–Crippen LogP) is 6.03. The number of carbonyl (C=O) groups is 3. The smallest absolute Gasteiger partial charge is 0.336 e. The number of aryl methyl sites for hydroxylation is 1. The molecule has 0 aliphatic heterocycles. The van der Waals surface area contributed by atoms with E-state index in [1.807, 2.05) is 55.5 Å². The lowest BCUT2D eigenvalue weighted by Crippen LogP contribution is -2.12. The molecule has 0 amide bonds. The number of carbonyl (C=O) groups excluding carboxylic acids is 3. The zero-order valence-corrected chi connectivity index (χ0v) is 25.4. The van der Waals surface area contributed by atoms with Crippen LogP contribution in [0.15, 0.2) is 97.6 Å². The molecule has 3 aromatic carbocycles. The zero-order chi connectivity index (χ0) is 32.4. The molecule has 0 fully saturated rings. The molecule has 0 saturated carbocycles. The number of rotatable bonds is 18. The van der Waals surface area contributed by atoms with E-state index in [0.29, 0.717) is 44.2 Å². The van der Waals surface area contributed by atoms with Gasteiger partial charge in [-0.25, -0.2) is 14.4 Å². The summed E-state index contributed by atoms with van der Waals surface area (Å²) in [7, 11) is 0. The van der Waals surface area contributed by atoms with Crippen LogP contribution in [0.2, 0.25) is 0 Å². The Bertz CT molecular complexity index is 1470. The van der Waals surface area contributed by atoms with Gasteiger partial charge in [0.1, 0.15) is 17.2 Å². The first-order valence-corrected chi connectivity index (χ1v) is 14.5. The minimum Gasteiger partial charge on any atom is -0.494 e. The Kier molecular flexibility index (Phi) is 14.1. The fourth-order valence-electron chi connectivity index (χ4n) is 3.89. The molecule has 45 heavy (non-hydrogen) atoms. The van der Waals surface area contributed by atoms with Crippen molar-refractivity contribution in [1.82, 2.24) is 0 Å². The lowest BCUT2D eigenvalue weighted by atomic mass is 10.0. The number of unbranched alkanes of at least 4 members (excludes halogenated alkanes) is 1. The Morgan fingerprint density at radius 1 is 0.756 bits per heavy atom. The van der Waals surface area contributed by atoms with Crippen LogP contribution in [-0.2, 0) is 23.9 Å². The minimum atomic E-state index is -0.629. The van der Waals surface area contributed by atoms with Crippen LogP contribution >= 0.6 is 0 Å². The van der Waals surface area contributed by atoms with Gasteiger partial charge in [0, 0.05) is 18.6 Å². The third-order valence-corrected chi connectivity index (χ3v) is 6.35. The third-order valence-electron chi connectivity index (χ3n) is 6.35. The molecule has 0 aliphatic rings. The second-order valence-corrected chi connectivity index (χ2v) is 9.85. The number of esters is 3. The molecular weight excluding hydrogens is 576 g/mol. The first-order valence-electron chi connectivity index (χ1n) is 14.5. The van der Waals surface area contributed by atoms with Gasteiger partial charge in [-0.2, -0.15) is 0 Å². The number of hydrogen-bond acceptors (Lipinski definition) is 9. The van der Waals surface area contributed by atoms with Crippen LogP contribution in [-0.4, -0.2) is 56.0 Å². The van der Waals surface area contributed by atoms with Crippen molar-refractivity contribution in [3.05, 3.63) is 109 Å². The van der Waals surface area contributed by atoms with Gasteiger partial charge in [0.25, 0.3) is 0 Å². The van der Waals surface area contributed by atoms with Crippen molar-refractivity contribution in [2.75, 3.05) is 33.0 Å². The maximum atomic E-state index is 12.4. The van der Waals surface area contributed by atoms with E-state index in [2.05, 4.69) is 13.2 Å². The number of aliphatic hydroxyl groups excluding tert-OH is 1. The summed E-state index contributed by atoms with van der Waals surface area (Å²) in [6, 6.07) is 20.7. The molecule has 0 unspecified atom stereocenters. The van der Waals surface area contributed by atoms with Gasteiger partial charge in [-0.1, -0.05) is 49.6 Å². The Morgan fingerprint density at radius 2 is 1.38 bits per heavy atom. The molecule has 0 spiro atoms. The lowest BCUT2D eigenvalue weighted by Gasteiger charge is -2.11. The van der Waals surface area contributed by atoms with Gasteiger partial charge in [0.05, 0.1) is 38.6 Å². The third kappa shape index (κ3) is 12.2. The minimum absolute atomic E-state index is 0.00542. The Labute approximate surface area is 263 Å². The number of aliphatic hydroxyl groups is 1. The van der Waals surface area contributed by atoms with Crippen molar-refractivity contribution in [1.29, 1.82) is 0 Å². The van der Waals surface area contributed by atoms with E-state index < -0.39 is 24.5 Å². The first kappa shape index (κ1) is 34.3. The van der Waals surface area contributed by atoms with Crippen molar-refractivity contribution in [3.63, 3.8) is 0 Å². The van der Waals surface area contributed by atoms with E-state index in [1.54, 1.807) is 24.3 Å². The van der Waals surface area contributed by atoms with E-state index in [-0.39, 0.29) is 12.2 Å². The molecule has 0 aliphatic carbocycles. The number of hydrogen-bond donors (Lipinski definition) is 1. The number of benzene rings is 3. The van der Waals surface area contributed by atoms with Crippen LogP contribution in [0.4, 0.5) is 0 Å². The van der Waals surface area contributed by atoms with Crippen molar-refractivity contribution in [3.8, 4) is 28.4 Å². The highest BCUT2D eigenvalue weighted by Gasteiger charge is 2.08. The second-order valence-electron chi connectivity index (χ2n) is 9.85. The van der Waals surface area contributed by atoms with Gasteiger partial charge in [-0.3, -0.25) is 0 Å². The highest BCUT2D eigenvalue weighted by molar-refractivity contribution is 5.89. The summed E-state index contributed by atoms with van der Waals surface area (Å²) in [6.45, 7) is 9.51. The van der Waals surface area contributed by atoms with E-state index >= 15 is 0 Å². The standard InChI is InChI=1S/C36H38O9/c1-4-34(38)43-21-6-5-20-41-31-15-13-30(14-16-31)29-11-8-28(9-12-29)10-19-35(39)45-32-17-18-33(26(2)24-32)42-22-7-23-44-36(40)27(3)25-37/h4,8-19,24,37H,1,3,5-7,20-23,25H2,2H3/b19-10+. The molecule has 9 heteroatoms. The molecule has 3 rings (SSSR count). The van der Waals surface area contributed by atoms with Gasteiger partial charge >= 0.3 is 17.9 Å². The summed E-state index contributed by atoms with van der Waals surface area (Å²) in [5.74, 6) is 0.225. The van der Waals surface area contributed by atoms with Crippen LogP contribution in [0, 0.1) is 6.92 Å². The van der Waals surface area contributed by atoms with Crippen molar-refractivity contribution in [2.45, 2.75) is 26.2 Å². The first-order chi connectivity index (χ1) is 21.8. The van der Waals surface area contributed by atoms with E-state index in [9.17, 15) is 14.4 Å². The molecule has 0 aromatic heterocycles. The van der Waals surface area contributed by atoms with Crippen molar-refractivity contribution >= 4 is 24.0 Å². The fourth-order valence-corrected chi connectivity index (χ4v) is 3.89. The average Bonchev–Trinajstić information content (AvgIpc) is 3.06. The van der Waals surface area contributed by atoms with Gasteiger partial charge in [0.15, 0.2) is 0 Å². The zero-order valence-electron chi connectivity index (χ0n) is 25.4. The summed E-state index contributed by atoms with van der Waals surface area (Å²) in [5, 5.41) is 8.87. The van der Waals surface area contributed by atoms with Crippen molar-refractivity contribution in [2.24, 2.45) is 0 Å². The van der Waals surface area contributed by atoms with Crippen LogP contribution in [0.5, 0.6) is 17.2 Å². The summed E-state index contributed by atoms with van der Waals surface area (Å²) in [6.07, 6.45) is 6.16. The SMILES string of the molecule is C=CC(=O)OCCCCOc1ccc(-c2ccc(/C=C/C(=O)Oc3ccc(OCCCOC(=O)C(=C)CO)c(C)c3)cc2)cc1. The largest absolute Gasteiger partial charge is 0.494 e. The van der Waals surface area contributed by atoms with E-state index in [0.717, 1.165) is 40.5 Å². The highest BCUT2D eigenvalue weighted by atomic mass is 16.5. The molecule has 0 heterocycles. The molecule has 236 valence electrons. The quantitative estimate of drug-likeness (QED) is 0.0793. The van der Waals surface area contributed by atoms with Gasteiger partial charge in [0.2, 0.25) is 0 Å². The summed E-state index contributed by atoms with van der Waals surface area (Å²) in [5.41, 5.74) is 3.70. The maximum Gasteiger partial charge on any atom is 0.336 e. The Balaban J connectivity index is 1.40. The summed E-state index contributed by atoms with van der Waals surface area (Å²) < 4.78 is 26.8. The van der Waals surface area contributed by atoms with Crippen LogP contribution in [0.1, 0.15) is 30.4 Å². The number of ether oxygens (including phenoxy) is 5. The van der Waals surface area contributed by atoms with Gasteiger partial charge < -0.3 is 28.8 Å². The molecule has 1 N–H and O–H groups in total. The van der Waals surface area contributed by atoms with Gasteiger partial charge in [-0.05, 0) is 78.4 Å². The molecule has 0 bridgehead atoms. The Morgan fingerprint density at radius 3 is 2.04 bits per heavy atom. The molecule has 3 aromatic rings.